The zero-order valence-electron chi connectivity index (χ0n) is 9.79. The molecule has 7 heteroatoms. The molecule has 0 spiro atoms. The van der Waals surface area contributed by atoms with E-state index >= 15 is 0 Å². The second kappa shape index (κ2) is 5.33. The van der Waals surface area contributed by atoms with E-state index in [1.807, 2.05) is 17.5 Å². The van der Waals surface area contributed by atoms with E-state index in [1.165, 1.54) is 11.3 Å². The molecule has 3 heterocycles. The van der Waals surface area contributed by atoms with Gasteiger partial charge in [0, 0.05) is 17.8 Å². The molecular formula is C12H10N4OS2. The third-order valence-corrected chi connectivity index (χ3v) is 4.32. The molecule has 19 heavy (non-hydrogen) atoms. The van der Waals surface area contributed by atoms with Gasteiger partial charge >= 0.3 is 0 Å². The predicted molar refractivity (Wildman–Crippen MR) is 75.2 cm³/mol. The second-order valence-electron chi connectivity index (χ2n) is 3.73. The second-order valence-corrected chi connectivity index (χ2v) is 5.54. The van der Waals surface area contributed by atoms with Crippen LogP contribution in [0.1, 0.15) is 16.3 Å². The number of amides is 1. The number of hydrogen-bond acceptors (Lipinski definition) is 5. The number of thiazole rings is 1. The Morgan fingerprint density at radius 3 is 3.11 bits per heavy atom. The van der Waals surface area contributed by atoms with Crippen molar-refractivity contribution in [2.45, 2.75) is 6.54 Å². The Balaban J connectivity index is 1.67. The summed E-state index contributed by atoms with van der Waals surface area (Å²) in [5.41, 5.74) is 0.444. The minimum absolute atomic E-state index is 0.185. The highest BCUT2D eigenvalue weighted by Crippen LogP contribution is 2.27. The summed E-state index contributed by atoms with van der Waals surface area (Å²) >= 11 is 3.09. The van der Waals surface area contributed by atoms with Gasteiger partial charge in [-0.3, -0.25) is 4.79 Å². The van der Waals surface area contributed by atoms with Crippen LogP contribution in [0.2, 0.25) is 0 Å². The SMILES string of the molecule is O=C(NCc1ncc[nH]1)c1csc(-c2cccs2)n1. The van der Waals surface area contributed by atoms with Crippen LogP contribution in [0, 0.1) is 0 Å². The number of aromatic nitrogens is 3. The smallest absolute Gasteiger partial charge is 0.271 e. The highest BCUT2D eigenvalue weighted by molar-refractivity contribution is 7.20. The van der Waals surface area contributed by atoms with Crippen LogP contribution in [0.25, 0.3) is 9.88 Å². The van der Waals surface area contributed by atoms with E-state index in [1.54, 1.807) is 29.1 Å². The number of carbonyl (C=O) groups excluding carboxylic acids is 1. The Bertz CT molecular complexity index is 658. The van der Waals surface area contributed by atoms with Gasteiger partial charge in [0.1, 0.15) is 16.5 Å². The zero-order valence-corrected chi connectivity index (χ0v) is 11.4. The fourth-order valence-electron chi connectivity index (χ4n) is 1.54. The Hall–Kier alpha value is -1.99. The molecule has 3 aromatic rings. The Labute approximate surface area is 117 Å². The molecule has 0 saturated heterocycles. The Kier molecular flexibility index (Phi) is 3.39. The van der Waals surface area contributed by atoms with Crippen LogP contribution in [0.15, 0.2) is 35.3 Å². The molecule has 0 aliphatic rings. The lowest BCUT2D eigenvalue weighted by atomic mass is 10.4. The van der Waals surface area contributed by atoms with Gasteiger partial charge in [-0.25, -0.2) is 9.97 Å². The number of nitrogens with zero attached hydrogens (tertiary/aromatic N) is 2. The zero-order chi connectivity index (χ0) is 13.1. The molecule has 0 atom stereocenters. The van der Waals surface area contributed by atoms with Crippen LogP contribution in [0.4, 0.5) is 0 Å². The van der Waals surface area contributed by atoms with Crippen molar-refractivity contribution in [3.05, 3.63) is 46.8 Å². The Morgan fingerprint density at radius 2 is 2.37 bits per heavy atom. The van der Waals surface area contributed by atoms with E-state index in [2.05, 4.69) is 20.3 Å². The van der Waals surface area contributed by atoms with Gasteiger partial charge in [0.05, 0.1) is 11.4 Å². The number of imidazole rings is 1. The number of carbonyl (C=O) groups is 1. The fourth-order valence-corrected chi connectivity index (χ4v) is 3.15. The van der Waals surface area contributed by atoms with E-state index in [0.29, 0.717) is 12.2 Å². The number of hydrogen-bond donors (Lipinski definition) is 2. The van der Waals surface area contributed by atoms with E-state index < -0.39 is 0 Å². The first kappa shape index (κ1) is 12.1. The Morgan fingerprint density at radius 1 is 1.42 bits per heavy atom. The molecule has 0 aliphatic heterocycles. The molecule has 96 valence electrons. The number of aromatic amines is 1. The van der Waals surface area contributed by atoms with Gasteiger partial charge in [0.25, 0.3) is 5.91 Å². The summed E-state index contributed by atoms with van der Waals surface area (Å²) in [6, 6.07) is 3.96. The lowest BCUT2D eigenvalue weighted by Gasteiger charge is -1.99. The van der Waals surface area contributed by atoms with Crippen LogP contribution in [0.3, 0.4) is 0 Å². The van der Waals surface area contributed by atoms with E-state index in [-0.39, 0.29) is 5.91 Å². The largest absolute Gasteiger partial charge is 0.347 e. The minimum atomic E-state index is -0.185. The summed E-state index contributed by atoms with van der Waals surface area (Å²) in [4.78, 5) is 24.3. The third-order valence-electron chi connectivity index (χ3n) is 2.44. The lowest BCUT2D eigenvalue weighted by molar-refractivity contribution is 0.0946. The molecule has 0 fully saturated rings. The average molecular weight is 290 g/mol. The van der Waals surface area contributed by atoms with Crippen LogP contribution < -0.4 is 5.32 Å². The van der Waals surface area contributed by atoms with Crippen LogP contribution in [-0.2, 0) is 6.54 Å². The number of thiophene rings is 1. The van der Waals surface area contributed by atoms with Gasteiger partial charge < -0.3 is 10.3 Å². The summed E-state index contributed by atoms with van der Waals surface area (Å²) in [5, 5.41) is 7.41. The lowest BCUT2D eigenvalue weighted by Crippen LogP contribution is -2.23. The first-order valence-corrected chi connectivity index (χ1v) is 7.35. The summed E-state index contributed by atoms with van der Waals surface area (Å²) in [6.07, 6.45) is 3.37. The summed E-state index contributed by atoms with van der Waals surface area (Å²) in [5.74, 6) is 0.539. The predicted octanol–water partition coefficient (Wildman–Crippen LogP) is 2.52. The van der Waals surface area contributed by atoms with Crippen molar-refractivity contribution in [2.24, 2.45) is 0 Å². The summed E-state index contributed by atoms with van der Waals surface area (Å²) in [6.45, 7) is 0.373. The number of H-pyrrole nitrogens is 1. The molecule has 0 bridgehead atoms. The normalized spacial score (nSPS) is 10.5. The maximum atomic E-state index is 11.9. The molecule has 0 aliphatic carbocycles. The first-order chi connectivity index (χ1) is 9.33. The van der Waals surface area contributed by atoms with Crippen LogP contribution in [-0.4, -0.2) is 20.9 Å². The van der Waals surface area contributed by atoms with Crippen LogP contribution in [0.5, 0.6) is 0 Å². The van der Waals surface area contributed by atoms with E-state index in [0.717, 1.165) is 15.7 Å². The van der Waals surface area contributed by atoms with Gasteiger partial charge in [-0.15, -0.1) is 22.7 Å². The van der Waals surface area contributed by atoms with Crippen molar-refractivity contribution in [2.75, 3.05) is 0 Å². The van der Waals surface area contributed by atoms with Gasteiger partial charge in [0.2, 0.25) is 0 Å². The molecule has 1 amide bonds. The monoisotopic (exact) mass is 290 g/mol. The van der Waals surface area contributed by atoms with Gasteiger partial charge in [-0.05, 0) is 11.4 Å². The molecule has 0 saturated carbocycles. The minimum Gasteiger partial charge on any atom is -0.347 e. The molecule has 0 radical (unpaired) electrons. The molecule has 3 aromatic heterocycles. The van der Waals surface area contributed by atoms with Gasteiger partial charge in [-0.2, -0.15) is 0 Å². The molecule has 2 N–H and O–H groups in total. The van der Waals surface area contributed by atoms with Crippen molar-refractivity contribution in [1.82, 2.24) is 20.3 Å². The maximum absolute atomic E-state index is 11.9. The molecule has 3 rings (SSSR count). The summed E-state index contributed by atoms with van der Waals surface area (Å²) < 4.78 is 0. The average Bonchev–Trinajstić information content (AvgIpc) is 3.14. The van der Waals surface area contributed by atoms with Crippen molar-refractivity contribution in [3.63, 3.8) is 0 Å². The third kappa shape index (κ3) is 2.72. The maximum Gasteiger partial charge on any atom is 0.271 e. The molecular weight excluding hydrogens is 280 g/mol. The highest BCUT2D eigenvalue weighted by Gasteiger charge is 2.12. The molecule has 5 nitrogen and oxygen atoms in total. The van der Waals surface area contributed by atoms with Crippen molar-refractivity contribution < 1.29 is 4.79 Å². The number of nitrogens with one attached hydrogen (secondary N) is 2. The standard InChI is InChI=1S/C12H10N4OS2/c17-11(15-6-10-13-3-4-14-10)8-7-19-12(16-8)9-2-1-5-18-9/h1-5,7H,6H2,(H,13,14)(H,15,17). The van der Waals surface area contributed by atoms with Crippen molar-refractivity contribution >= 4 is 28.6 Å². The first-order valence-electron chi connectivity index (χ1n) is 5.59. The molecule has 0 aromatic carbocycles. The van der Waals surface area contributed by atoms with Gasteiger partial charge in [-0.1, -0.05) is 6.07 Å². The molecule has 0 unspecified atom stereocenters. The summed E-state index contributed by atoms with van der Waals surface area (Å²) in [7, 11) is 0. The van der Waals surface area contributed by atoms with Crippen LogP contribution >= 0.6 is 22.7 Å². The highest BCUT2D eigenvalue weighted by atomic mass is 32.1. The number of rotatable bonds is 4. The van der Waals surface area contributed by atoms with E-state index in [9.17, 15) is 4.79 Å². The van der Waals surface area contributed by atoms with Crippen molar-refractivity contribution in [3.8, 4) is 9.88 Å². The fraction of sp³-hybridized carbons (Fsp3) is 0.0833. The quantitative estimate of drug-likeness (QED) is 0.775. The van der Waals surface area contributed by atoms with Gasteiger partial charge in [0.15, 0.2) is 0 Å². The van der Waals surface area contributed by atoms with Crippen molar-refractivity contribution in [1.29, 1.82) is 0 Å². The van der Waals surface area contributed by atoms with E-state index in [4.69, 9.17) is 0 Å². The topological polar surface area (TPSA) is 70.7 Å².